The fraction of sp³-hybridized carbons (Fsp3) is 0.571. The standard InChI is InChI=1S/C28H35N7O2S2/c36-23-7-6-22(26(37)30-23)35-17-20-18(4-3-5-19(20)27(35)38)16-32-11-13-33(14-12-32)25-24-21(8-15-39-24)29-28(31-25)34-9-1-2-10-34/h3-5,22,27,38H,1-2,6-17H2,(H,30,36,37). The molecular weight excluding hydrogens is 530 g/mol. The number of fused-ring (bicyclic) bond motifs is 2. The van der Waals surface area contributed by atoms with Crippen LogP contribution in [0.4, 0.5) is 11.8 Å². The highest BCUT2D eigenvalue weighted by molar-refractivity contribution is 7.99. The van der Waals surface area contributed by atoms with E-state index in [9.17, 15) is 9.59 Å². The normalized spacial score (nSPS) is 25.8. The van der Waals surface area contributed by atoms with Crippen LogP contribution < -0.4 is 15.1 Å². The Bertz CT molecular complexity index is 1290. The first kappa shape index (κ1) is 25.6. The van der Waals surface area contributed by atoms with Gasteiger partial charge in [-0.15, -0.1) is 11.8 Å². The highest BCUT2D eigenvalue weighted by Gasteiger charge is 2.40. The number of carbonyl (C=O) groups is 2. The van der Waals surface area contributed by atoms with Crippen LogP contribution in [0.15, 0.2) is 23.1 Å². The molecule has 0 bridgehead atoms. The Morgan fingerprint density at radius 2 is 1.82 bits per heavy atom. The summed E-state index contributed by atoms with van der Waals surface area (Å²) in [7, 11) is 0. The number of hydrogen-bond donors (Lipinski definition) is 2. The number of amides is 2. The number of imide groups is 1. The van der Waals surface area contributed by atoms with Gasteiger partial charge in [0, 0.05) is 71.0 Å². The summed E-state index contributed by atoms with van der Waals surface area (Å²) >= 11 is 6.81. The number of rotatable bonds is 5. The lowest BCUT2D eigenvalue weighted by Gasteiger charge is -2.36. The Balaban J connectivity index is 1.04. The van der Waals surface area contributed by atoms with Crippen molar-refractivity contribution in [2.24, 2.45) is 0 Å². The lowest BCUT2D eigenvalue weighted by atomic mass is 10.0. The third-order valence-corrected chi connectivity index (χ3v) is 10.5. The van der Waals surface area contributed by atoms with E-state index in [1.165, 1.54) is 40.1 Å². The average molecular weight is 566 g/mol. The number of benzene rings is 1. The van der Waals surface area contributed by atoms with Gasteiger partial charge in [-0.3, -0.25) is 24.7 Å². The van der Waals surface area contributed by atoms with Crippen LogP contribution in [-0.2, 0) is 29.1 Å². The summed E-state index contributed by atoms with van der Waals surface area (Å²) in [5, 5.41) is 2.37. The van der Waals surface area contributed by atoms with E-state index >= 15 is 0 Å². The molecule has 5 aliphatic heterocycles. The van der Waals surface area contributed by atoms with Gasteiger partial charge in [0.05, 0.1) is 22.0 Å². The maximum Gasteiger partial charge on any atom is 0.243 e. The molecule has 1 aromatic carbocycles. The van der Waals surface area contributed by atoms with Crippen LogP contribution in [0.2, 0.25) is 0 Å². The second kappa shape index (κ2) is 10.6. The van der Waals surface area contributed by atoms with Gasteiger partial charge in [0.25, 0.3) is 0 Å². The highest BCUT2D eigenvalue weighted by Crippen LogP contribution is 2.42. The molecule has 0 spiro atoms. The molecule has 2 atom stereocenters. The monoisotopic (exact) mass is 565 g/mol. The van der Waals surface area contributed by atoms with Crippen molar-refractivity contribution in [2.45, 2.75) is 61.5 Å². The first-order chi connectivity index (χ1) is 19.0. The summed E-state index contributed by atoms with van der Waals surface area (Å²) in [5.41, 5.74) is 5.01. The molecule has 1 N–H and O–H groups in total. The number of thiol groups is 1. The number of nitrogens with one attached hydrogen (secondary N) is 1. The molecule has 0 radical (unpaired) electrons. The van der Waals surface area contributed by atoms with Gasteiger partial charge >= 0.3 is 0 Å². The van der Waals surface area contributed by atoms with Gasteiger partial charge in [0.15, 0.2) is 0 Å². The van der Waals surface area contributed by atoms with Crippen molar-refractivity contribution in [1.82, 2.24) is 25.1 Å². The van der Waals surface area contributed by atoms with Gasteiger partial charge in [-0.1, -0.05) is 18.2 Å². The highest BCUT2D eigenvalue weighted by atomic mass is 32.2. The predicted octanol–water partition coefficient (Wildman–Crippen LogP) is 2.60. The largest absolute Gasteiger partial charge is 0.353 e. The molecule has 0 aliphatic carbocycles. The van der Waals surface area contributed by atoms with Crippen molar-refractivity contribution in [3.05, 3.63) is 40.6 Å². The number of piperazine rings is 1. The molecular formula is C28H35N7O2S2. The van der Waals surface area contributed by atoms with E-state index in [0.717, 1.165) is 69.8 Å². The lowest BCUT2D eigenvalue weighted by Crippen LogP contribution is -2.51. The molecule has 9 nitrogen and oxygen atoms in total. The van der Waals surface area contributed by atoms with E-state index in [1.807, 2.05) is 11.8 Å². The minimum atomic E-state index is -0.313. The molecule has 1 aromatic heterocycles. The Labute approximate surface area is 239 Å². The number of aromatic nitrogens is 2. The molecule has 206 valence electrons. The number of piperidine rings is 1. The molecule has 3 fully saturated rings. The van der Waals surface area contributed by atoms with Crippen LogP contribution in [-0.4, -0.2) is 82.6 Å². The number of nitrogens with zero attached hydrogens (tertiary/aromatic N) is 6. The Morgan fingerprint density at radius 3 is 2.62 bits per heavy atom. The first-order valence-electron chi connectivity index (χ1n) is 14.2. The third-order valence-electron chi connectivity index (χ3n) is 8.80. The molecule has 2 aromatic rings. The maximum atomic E-state index is 12.6. The summed E-state index contributed by atoms with van der Waals surface area (Å²) in [6.45, 7) is 7.57. The van der Waals surface area contributed by atoms with E-state index < -0.39 is 0 Å². The van der Waals surface area contributed by atoms with E-state index in [0.29, 0.717) is 19.4 Å². The van der Waals surface area contributed by atoms with Gasteiger partial charge in [-0.25, -0.2) is 4.98 Å². The minimum Gasteiger partial charge on any atom is -0.353 e. The van der Waals surface area contributed by atoms with Crippen LogP contribution in [0.25, 0.3) is 0 Å². The third kappa shape index (κ3) is 4.81. The van der Waals surface area contributed by atoms with Crippen molar-refractivity contribution in [2.75, 3.05) is 54.8 Å². The Morgan fingerprint density at radius 1 is 1.00 bits per heavy atom. The minimum absolute atomic E-state index is 0.136. The number of aryl methyl sites for hydroxylation is 1. The molecule has 5 aliphatic rings. The number of hydrogen-bond acceptors (Lipinski definition) is 10. The topological polar surface area (TPSA) is 84.9 Å². The van der Waals surface area contributed by atoms with E-state index in [1.54, 1.807) is 0 Å². The molecule has 39 heavy (non-hydrogen) atoms. The summed E-state index contributed by atoms with van der Waals surface area (Å²) in [6.07, 6.45) is 4.43. The molecule has 2 amide bonds. The SMILES string of the molecule is O=C1CCC(N2Cc3c(CN4CCN(c5nc(N6CCCC6)nc6c5SCC6)CC4)cccc3C2S)C(=O)N1. The number of thioether (sulfide) groups is 1. The van der Waals surface area contributed by atoms with Crippen LogP contribution >= 0.6 is 24.4 Å². The zero-order chi connectivity index (χ0) is 26.5. The van der Waals surface area contributed by atoms with Crippen LogP contribution in [0.3, 0.4) is 0 Å². The summed E-state index contributed by atoms with van der Waals surface area (Å²) < 4.78 is 0. The fourth-order valence-electron chi connectivity index (χ4n) is 6.63. The zero-order valence-electron chi connectivity index (χ0n) is 22.1. The molecule has 0 saturated carbocycles. The number of carbonyl (C=O) groups excluding carboxylic acids is 2. The first-order valence-corrected chi connectivity index (χ1v) is 15.7. The van der Waals surface area contributed by atoms with Crippen molar-refractivity contribution in [3.8, 4) is 0 Å². The lowest BCUT2D eigenvalue weighted by molar-refractivity contribution is -0.137. The zero-order valence-corrected chi connectivity index (χ0v) is 23.9. The van der Waals surface area contributed by atoms with Crippen molar-refractivity contribution >= 4 is 48.0 Å². The van der Waals surface area contributed by atoms with Crippen LogP contribution in [0.5, 0.6) is 0 Å². The molecule has 2 unspecified atom stereocenters. The van der Waals surface area contributed by atoms with E-state index in [4.69, 9.17) is 22.6 Å². The second-order valence-electron chi connectivity index (χ2n) is 11.2. The average Bonchev–Trinajstić information content (AvgIpc) is 3.70. The van der Waals surface area contributed by atoms with Gasteiger partial charge in [-0.05, 0) is 36.0 Å². The predicted molar refractivity (Wildman–Crippen MR) is 155 cm³/mol. The molecule has 7 rings (SSSR count). The van der Waals surface area contributed by atoms with Crippen LogP contribution in [0.1, 0.15) is 53.4 Å². The van der Waals surface area contributed by atoms with Gasteiger partial charge in [0.2, 0.25) is 17.8 Å². The quantitative estimate of drug-likeness (QED) is 0.420. The number of anilines is 2. The van der Waals surface area contributed by atoms with E-state index in [2.05, 4.69) is 43.1 Å². The molecule has 3 saturated heterocycles. The Kier molecular flexibility index (Phi) is 6.94. The van der Waals surface area contributed by atoms with E-state index in [-0.39, 0.29) is 23.2 Å². The molecule has 11 heteroatoms. The van der Waals surface area contributed by atoms with Gasteiger partial charge in [0.1, 0.15) is 5.82 Å². The van der Waals surface area contributed by atoms with Gasteiger partial charge < -0.3 is 9.80 Å². The van der Waals surface area contributed by atoms with Crippen molar-refractivity contribution < 1.29 is 9.59 Å². The fourth-order valence-corrected chi connectivity index (χ4v) is 8.24. The Hall–Kier alpha value is -2.34. The smallest absolute Gasteiger partial charge is 0.243 e. The summed E-state index contributed by atoms with van der Waals surface area (Å²) in [6, 6.07) is 6.15. The second-order valence-corrected chi connectivity index (χ2v) is 12.8. The summed E-state index contributed by atoms with van der Waals surface area (Å²) in [4.78, 5) is 45.1. The molecule has 6 heterocycles. The van der Waals surface area contributed by atoms with Gasteiger partial charge in [-0.2, -0.15) is 17.6 Å². The van der Waals surface area contributed by atoms with Crippen molar-refractivity contribution in [3.63, 3.8) is 0 Å². The maximum absolute atomic E-state index is 12.6. The summed E-state index contributed by atoms with van der Waals surface area (Å²) in [5.74, 6) is 2.79. The van der Waals surface area contributed by atoms with Crippen LogP contribution in [0, 0.1) is 0 Å². The van der Waals surface area contributed by atoms with Crippen molar-refractivity contribution in [1.29, 1.82) is 0 Å².